The van der Waals surface area contributed by atoms with Gasteiger partial charge in [-0.25, -0.2) is 0 Å². The molecule has 19 heavy (non-hydrogen) atoms. The van der Waals surface area contributed by atoms with Crippen molar-refractivity contribution in [3.05, 3.63) is 25.5 Å². The third-order valence-corrected chi connectivity index (χ3v) is 5.64. The molecule has 0 radical (unpaired) electrons. The number of benzene rings is 1. The molecular formula is C11H7Br2NO3S2. The van der Waals surface area contributed by atoms with Gasteiger partial charge in [-0.1, -0.05) is 24.0 Å². The van der Waals surface area contributed by atoms with Crippen molar-refractivity contribution < 1.29 is 14.6 Å². The number of thioether (sulfide) groups is 1. The first-order chi connectivity index (χ1) is 8.93. The highest BCUT2D eigenvalue weighted by Gasteiger charge is 2.23. The zero-order chi connectivity index (χ0) is 14.2. The average molecular weight is 425 g/mol. The number of ether oxygens (including phenoxy) is 1. The van der Waals surface area contributed by atoms with Crippen LogP contribution in [0.1, 0.15) is 5.56 Å². The van der Waals surface area contributed by atoms with Gasteiger partial charge in [0.2, 0.25) is 0 Å². The van der Waals surface area contributed by atoms with Crippen molar-refractivity contribution in [2.24, 2.45) is 0 Å². The molecule has 0 spiro atoms. The van der Waals surface area contributed by atoms with Gasteiger partial charge >= 0.3 is 0 Å². The van der Waals surface area contributed by atoms with Gasteiger partial charge in [0.25, 0.3) is 5.91 Å². The lowest BCUT2D eigenvalue weighted by atomic mass is 10.2. The maximum absolute atomic E-state index is 11.6. The van der Waals surface area contributed by atoms with Crippen LogP contribution in [0.4, 0.5) is 0 Å². The summed E-state index contributed by atoms with van der Waals surface area (Å²) in [7, 11) is 1.46. The predicted octanol–water partition coefficient (Wildman–Crippen LogP) is 3.41. The quantitative estimate of drug-likeness (QED) is 0.562. The standard InChI is InChI=1S/C11H7Br2NO3S2/c1-17-5-2-4(7(12)8(13)9(5)15)3-6-10(16)14-11(18)19-6/h2-3,15H,1H3,(H,14,16,18). The van der Waals surface area contributed by atoms with Crippen LogP contribution in [-0.4, -0.2) is 22.4 Å². The Morgan fingerprint density at radius 3 is 2.68 bits per heavy atom. The molecule has 1 aliphatic heterocycles. The van der Waals surface area contributed by atoms with Crippen LogP contribution in [0.15, 0.2) is 19.9 Å². The molecule has 2 N–H and O–H groups in total. The molecule has 0 aromatic heterocycles. The second-order valence-electron chi connectivity index (χ2n) is 3.50. The minimum atomic E-state index is -0.231. The second-order valence-corrected chi connectivity index (χ2v) is 6.80. The van der Waals surface area contributed by atoms with Crippen LogP contribution in [0.25, 0.3) is 6.08 Å². The summed E-state index contributed by atoms with van der Waals surface area (Å²) in [6.07, 6.45) is 1.68. The predicted molar refractivity (Wildman–Crippen MR) is 86.4 cm³/mol. The molecule has 0 atom stereocenters. The monoisotopic (exact) mass is 423 g/mol. The summed E-state index contributed by atoms with van der Waals surface area (Å²) in [5.41, 5.74) is 0.698. The smallest absolute Gasteiger partial charge is 0.263 e. The van der Waals surface area contributed by atoms with E-state index in [0.717, 1.165) is 0 Å². The Morgan fingerprint density at radius 1 is 1.47 bits per heavy atom. The van der Waals surface area contributed by atoms with E-state index in [1.54, 1.807) is 12.1 Å². The van der Waals surface area contributed by atoms with Crippen LogP contribution in [0.5, 0.6) is 11.5 Å². The van der Waals surface area contributed by atoms with E-state index in [1.165, 1.54) is 18.9 Å². The molecule has 0 bridgehead atoms. The number of thiocarbonyl (C=S) groups is 1. The fourth-order valence-electron chi connectivity index (χ4n) is 1.43. The minimum absolute atomic E-state index is 0.00410. The summed E-state index contributed by atoms with van der Waals surface area (Å²) in [5, 5.41) is 12.4. The molecule has 0 saturated carbocycles. The molecule has 1 aromatic rings. The molecule has 0 unspecified atom stereocenters. The zero-order valence-corrected chi connectivity index (χ0v) is 14.3. The van der Waals surface area contributed by atoms with Crippen LogP contribution in [0.3, 0.4) is 0 Å². The highest BCUT2D eigenvalue weighted by molar-refractivity contribution is 9.13. The molecule has 1 fully saturated rings. The topological polar surface area (TPSA) is 58.6 Å². The van der Waals surface area contributed by atoms with Crippen LogP contribution in [0.2, 0.25) is 0 Å². The van der Waals surface area contributed by atoms with Crippen molar-refractivity contribution in [1.29, 1.82) is 0 Å². The van der Waals surface area contributed by atoms with Crippen LogP contribution in [0, 0.1) is 0 Å². The zero-order valence-electron chi connectivity index (χ0n) is 9.49. The molecular weight excluding hydrogens is 418 g/mol. The third-order valence-electron chi connectivity index (χ3n) is 2.32. The molecule has 8 heteroatoms. The number of hydrogen-bond donors (Lipinski definition) is 2. The highest BCUT2D eigenvalue weighted by Crippen LogP contribution is 2.43. The van der Waals surface area contributed by atoms with E-state index in [2.05, 4.69) is 37.2 Å². The molecule has 1 aliphatic rings. The molecule has 4 nitrogen and oxygen atoms in total. The lowest BCUT2D eigenvalue weighted by Gasteiger charge is -2.10. The van der Waals surface area contributed by atoms with E-state index >= 15 is 0 Å². The average Bonchev–Trinajstić information content (AvgIpc) is 2.68. The number of aromatic hydroxyl groups is 1. The number of nitrogens with one attached hydrogen (secondary N) is 1. The molecule has 1 saturated heterocycles. The van der Waals surface area contributed by atoms with Gasteiger partial charge < -0.3 is 15.2 Å². The van der Waals surface area contributed by atoms with Gasteiger partial charge in [0, 0.05) is 4.47 Å². The van der Waals surface area contributed by atoms with Crippen LogP contribution >= 0.6 is 55.8 Å². The molecule has 1 aromatic carbocycles. The lowest BCUT2D eigenvalue weighted by molar-refractivity contribution is -0.115. The number of phenolic OH excluding ortho intramolecular Hbond substituents is 1. The summed E-state index contributed by atoms with van der Waals surface area (Å²) in [6, 6.07) is 1.63. The number of methoxy groups -OCH3 is 1. The van der Waals surface area contributed by atoms with Crippen molar-refractivity contribution in [1.82, 2.24) is 5.32 Å². The molecule has 100 valence electrons. The van der Waals surface area contributed by atoms with Gasteiger partial charge in [-0.05, 0) is 49.6 Å². The number of hydrogen-bond acceptors (Lipinski definition) is 5. The van der Waals surface area contributed by atoms with Crippen LogP contribution in [-0.2, 0) is 4.79 Å². The van der Waals surface area contributed by atoms with E-state index in [0.29, 0.717) is 29.5 Å². The fraction of sp³-hybridized carbons (Fsp3) is 0.0909. The summed E-state index contributed by atoms with van der Waals surface area (Å²) in [4.78, 5) is 12.1. The summed E-state index contributed by atoms with van der Waals surface area (Å²) in [5.74, 6) is 0.0774. The summed E-state index contributed by atoms with van der Waals surface area (Å²) < 4.78 is 6.59. The molecule has 2 rings (SSSR count). The Balaban J connectivity index is 2.52. The third kappa shape index (κ3) is 2.96. The second kappa shape index (κ2) is 5.82. The van der Waals surface area contributed by atoms with Crippen molar-refractivity contribution in [3.63, 3.8) is 0 Å². The first kappa shape index (κ1) is 14.8. The summed E-state index contributed by atoms with van der Waals surface area (Å²) >= 11 is 12.7. The Morgan fingerprint density at radius 2 is 2.16 bits per heavy atom. The van der Waals surface area contributed by atoms with Gasteiger partial charge in [0.15, 0.2) is 11.5 Å². The Hall–Kier alpha value is -0.570. The van der Waals surface area contributed by atoms with Crippen LogP contribution < -0.4 is 10.1 Å². The fourth-order valence-corrected chi connectivity index (χ4v) is 3.31. The number of halogens is 2. The molecule has 1 heterocycles. The lowest BCUT2D eigenvalue weighted by Crippen LogP contribution is -2.17. The van der Waals surface area contributed by atoms with E-state index in [4.69, 9.17) is 17.0 Å². The number of carbonyl (C=O) groups excluding carboxylic acids is 1. The van der Waals surface area contributed by atoms with Gasteiger partial charge in [-0.2, -0.15) is 0 Å². The largest absolute Gasteiger partial charge is 0.503 e. The van der Waals surface area contributed by atoms with Crippen molar-refractivity contribution in [3.8, 4) is 11.5 Å². The van der Waals surface area contributed by atoms with Gasteiger partial charge in [0.1, 0.15) is 4.32 Å². The van der Waals surface area contributed by atoms with Crippen molar-refractivity contribution in [2.45, 2.75) is 0 Å². The summed E-state index contributed by atoms with van der Waals surface area (Å²) in [6.45, 7) is 0. The van der Waals surface area contributed by atoms with Crippen molar-refractivity contribution >= 4 is 72.1 Å². The van der Waals surface area contributed by atoms with E-state index in [9.17, 15) is 9.90 Å². The molecule has 1 amide bonds. The normalized spacial score (nSPS) is 16.9. The van der Waals surface area contributed by atoms with E-state index in [-0.39, 0.29) is 11.7 Å². The van der Waals surface area contributed by atoms with Crippen molar-refractivity contribution in [2.75, 3.05) is 7.11 Å². The van der Waals surface area contributed by atoms with Gasteiger partial charge in [0.05, 0.1) is 16.5 Å². The maximum atomic E-state index is 11.6. The van der Waals surface area contributed by atoms with E-state index in [1.807, 2.05) is 0 Å². The minimum Gasteiger partial charge on any atom is -0.503 e. The number of amides is 1. The number of phenols is 1. The Labute approximate surface area is 135 Å². The SMILES string of the molecule is COc1cc(C=C2SC(=S)NC2=O)c(Br)c(Br)c1O. The van der Waals surface area contributed by atoms with Gasteiger partial charge in [-0.15, -0.1) is 0 Å². The Kier molecular flexibility index (Phi) is 4.54. The number of carbonyl (C=O) groups is 1. The molecule has 0 aliphatic carbocycles. The Bertz CT molecular complexity index is 616. The van der Waals surface area contributed by atoms with E-state index < -0.39 is 0 Å². The first-order valence-electron chi connectivity index (χ1n) is 4.94. The maximum Gasteiger partial charge on any atom is 0.263 e. The first-order valence-corrected chi connectivity index (χ1v) is 7.75. The highest BCUT2D eigenvalue weighted by atomic mass is 79.9. The van der Waals surface area contributed by atoms with Gasteiger partial charge in [-0.3, -0.25) is 4.79 Å². The number of rotatable bonds is 2.